The molecule has 6 aromatic rings. The van der Waals surface area contributed by atoms with Crippen LogP contribution in [0.4, 0.5) is 34.1 Å². The van der Waals surface area contributed by atoms with Crippen LogP contribution in [-0.2, 0) is 0 Å². The van der Waals surface area contributed by atoms with E-state index in [1.165, 1.54) is 65.5 Å². The molecule has 0 aliphatic heterocycles. The largest absolute Gasteiger partial charge is 0.400 e. The van der Waals surface area contributed by atoms with Crippen molar-refractivity contribution in [2.45, 2.75) is 80.0 Å². The van der Waals surface area contributed by atoms with Crippen LogP contribution >= 0.6 is 147 Å². The van der Waals surface area contributed by atoms with E-state index in [2.05, 4.69) is 198 Å². The van der Waals surface area contributed by atoms with Crippen molar-refractivity contribution in [3.05, 3.63) is 135 Å². The van der Waals surface area contributed by atoms with Crippen molar-refractivity contribution < 1.29 is 15.0 Å². The van der Waals surface area contributed by atoms with Gasteiger partial charge in [-0.15, -0.1) is 0 Å². The second kappa shape index (κ2) is 46.6. The van der Waals surface area contributed by atoms with E-state index >= 15 is 0 Å². The predicted molar refractivity (Wildman–Crippen MR) is 357 cm³/mol. The molecule has 6 rings (SSSR count). The van der Waals surface area contributed by atoms with Crippen LogP contribution in [0.5, 0.6) is 0 Å². The van der Waals surface area contributed by atoms with Crippen LogP contribution in [0.2, 0.25) is 18.5 Å². The van der Waals surface area contributed by atoms with E-state index in [-0.39, 0.29) is 41.0 Å². The molecule has 0 aliphatic carbocycles. The molecule has 0 fully saturated rings. The number of nitrogen functional groups attached to an aromatic ring is 4. The number of rotatable bonds is 14. The van der Waals surface area contributed by atoms with Gasteiger partial charge in [0.05, 0.1) is 35.0 Å². The fraction of sp³-hybridized carbons (Fsp3) is 0.362. The fourth-order valence-electron chi connectivity index (χ4n) is 6.23. The van der Waals surface area contributed by atoms with Crippen LogP contribution < -0.4 is 26.5 Å². The summed E-state index contributed by atoms with van der Waals surface area (Å²) in [5, 5.41) is 27.9. The zero-order valence-corrected chi connectivity index (χ0v) is 56.7. The van der Waals surface area contributed by atoms with Gasteiger partial charge in [-0.25, -0.2) is 9.97 Å². The van der Waals surface area contributed by atoms with Crippen LogP contribution in [0.3, 0.4) is 0 Å². The first-order valence-corrected chi connectivity index (χ1v) is 38.4. The summed E-state index contributed by atoms with van der Waals surface area (Å²) in [7, 11) is 1.00. The van der Waals surface area contributed by atoms with Crippen LogP contribution in [0.1, 0.15) is 66.7 Å². The van der Waals surface area contributed by atoms with E-state index in [1.54, 1.807) is 59.7 Å². The molecule has 0 aliphatic rings. The monoisotopic (exact) mass is 1800 g/mol. The molecule has 9 N–H and O–H groups in total. The van der Waals surface area contributed by atoms with E-state index in [0.717, 1.165) is 12.7 Å². The van der Waals surface area contributed by atoms with Crippen LogP contribution in [0, 0.1) is 20.2 Å². The summed E-state index contributed by atoms with van der Waals surface area (Å²) in [5.74, 6) is 0. The fourth-order valence-corrected chi connectivity index (χ4v) is 22.3. The van der Waals surface area contributed by atoms with Gasteiger partial charge in [0.2, 0.25) is 5.15 Å². The van der Waals surface area contributed by atoms with Crippen molar-refractivity contribution >= 4 is 203 Å². The van der Waals surface area contributed by atoms with Crippen molar-refractivity contribution in [3.63, 3.8) is 0 Å². The molecule has 0 saturated carbocycles. The Bertz CT molecular complexity index is 2290. The molecule has 0 radical (unpaired) electrons. The van der Waals surface area contributed by atoms with Gasteiger partial charge < -0.3 is 28.0 Å². The Kier molecular flexibility index (Phi) is 48.3. The van der Waals surface area contributed by atoms with E-state index in [1.807, 2.05) is 35.5 Å². The van der Waals surface area contributed by atoms with Crippen LogP contribution in [-0.4, -0.2) is 77.6 Å². The maximum atomic E-state index is 10.9. The molecule has 6 aromatic heterocycles. The maximum absolute atomic E-state index is 10.9. The third-order valence-electron chi connectivity index (χ3n) is 9.39. The van der Waals surface area contributed by atoms with Gasteiger partial charge in [0.15, 0.2) is 5.69 Å². The second-order valence-corrected chi connectivity index (χ2v) is 42.8. The third kappa shape index (κ3) is 30.2. The molecule has 0 amide bonds. The van der Waals surface area contributed by atoms with Gasteiger partial charge >= 0.3 is 135 Å². The number of pyridine rings is 6. The van der Waals surface area contributed by atoms with Gasteiger partial charge in [-0.2, -0.15) is 0 Å². The zero-order chi connectivity index (χ0) is 54.2. The SMILES string of the molecule is C.CCC[CH2][Sn]([CH2]CCC)([CH2]CCC)[c]1ccncc1.CI.CO.IC(I)I.ICI.Nc1ccnc(-c2ccccn2)c1N.Nc1ccnc(-c2ccccn2)c1[N+](=O)[O-].Nc1ccnc(Cl)c1[N+](=O)[O-]. The number of halogens is 7. The smallest absolute Gasteiger partial charge is 0.329 e. The third-order valence-corrected chi connectivity index (χ3v) is 25.3. The first-order chi connectivity index (χ1) is 34.0. The van der Waals surface area contributed by atoms with Crippen molar-refractivity contribution in [2.24, 2.45) is 0 Å². The average molecular weight is 1800 g/mol. The van der Waals surface area contributed by atoms with Crippen molar-refractivity contribution in [2.75, 3.05) is 37.4 Å². The Hall–Kier alpha value is -1.67. The second-order valence-electron chi connectivity index (χ2n) is 13.9. The zero-order valence-electron chi connectivity index (χ0n) is 40.2. The van der Waals surface area contributed by atoms with Gasteiger partial charge in [-0.3, -0.25) is 35.2 Å². The molecule has 0 bridgehead atoms. The summed E-state index contributed by atoms with van der Waals surface area (Å²) in [5.41, 5.74) is 24.8. The van der Waals surface area contributed by atoms with Gasteiger partial charge in [0, 0.05) is 38.1 Å². The maximum Gasteiger partial charge on any atom is 0.329 e. The molecule has 6 heterocycles. The minimum atomic E-state index is -2.14. The Morgan fingerprint density at radius 1 is 0.597 bits per heavy atom. The number of aliphatic hydroxyl groups excluding tert-OH is 1. The summed E-state index contributed by atoms with van der Waals surface area (Å²) < 4.78 is 8.32. The molecule has 72 heavy (non-hydrogen) atoms. The Balaban J connectivity index is -0.000000830. The molecule has 0 unspecified atom stereocenters. The molecule has 25 heteroatoms. The number of aromatic nitrogens is 6. The van der Waals surface area contributed by atoms with Crippen LogP contribution in [0.25, 0.3) is 22.8 Å². The number of nitro groups is 2. The Morgan fingerprint density at radius 2 is 0.972 bits per heavy atom. The minimum Gasteiger partial charge on any atom is -0.400 e. The molecular weight excluding hydrogens is 1730 g/mol. The number of nitrogens with two attached hydrogens (primary N) is 4. The molecular formula is C47H67ClI6N12O5Sn. The summed E-state index contributed by atoms with van der Waals surface area (Å²) >= 11 is 16.9. The number of aliphatic hydroxyl groups is 1. The number of anilines is 4. The van der Waals surface area contributed by atoms with Crippen molar-refractivity contribution in [1.82, 2.24) is 29.9 Å². The summed E-state index contributed by atoms with van der Waals surface area (Å²) in [6.07, 6.45) is 20.0. The first kappa shape index (κ1) is 74.6. The van der Waals surface area contributed by atoms with Crippen molar-refractivity contribution in [1.29, 1.82) is 0 Å². The molecule has 0 aromatic carbocycles. The number of alkyl halides is 6. The van der Waals surface area contributed by atoms with E-state index < -0.39 is 28.2 Å². The Labute approximate surface area is 516 Å². The van der Waals surface area contributed by atoms with Gasteiger partial charge in [0.25, 0.3) is 0 Å². The van der Waals surface area contributed by atoms with Gasteiger partial charge in [-0.1, -0.05) is 167 Å². The normalized spacial score (nSPS) is 9.64. The van der Waals surface area contributed by atoms with E-state index in [9.17, 15) is 20.2 Å². The summed E-state index contributed by atoms with van der Waals surface area (Å²) in [6.45, 7) is 7.01. The standard InChI is InChI=1S/C10H8N4O2.C10H10N4.C5H4ClN3O2.C5H4N.3C4H9.CHI3.CH2I2.CH3I.CH4O.CH4.Sn/c11-7-4-6-13-9(10(7)14(15)16)8-3-1-2-5-12-8;11-7-4-6-14-10(9(7)12)8-3-1-2-5-13-8;6-5-4(9(10)11)3(7)1-2-8-5;1-2-4-6-5-3-1;3*1-3-4-2;2-1(3)4;2-1-3;2*1-2;;/h1-6H,(H2,11,13);1-6H,12H2,(H2,11,14);1-2H,(H2,7,8);2-5H;3*1,3-4H2,2H3;1H;1H2;1H3;2H,1H3;1H4;. The predicted octanol–water partition coefficient (Wildman–Crippen LogP) is 15.0. The topological polar surface area (TPSA) is 288 Å². The van der Waals surface area contributed by atoms with E-state index in [4.69, 9.17) is 39.6 Å². The number of hydrogen-bond donors (Lipinski definition) is 5. The molecule has 0 saturated heterocycles. The molecule has 398 valence electrons. The van der Waals surface area contributed by atoms with Gasteiger partial charge in [-0.05, 0) is 47.4 Å². The Morgan fingerprint density at radius 3 is 1.33 bits per heavy atom. The first-order valence-electron chi connectivity index (χ1n) is 21.6. The molecule has 0 atom stereocenters. The van der Waals surface area contributed by atoms with Gasteiger partial charge in [0.1, 0.15) is 17.0 Å². The summed E-state index contributed by atoms with van der Waals surface area (Å²) in [4.78, 5) is 45.9. The number of unbranched alkanes of at least 4 members (excludes halogenated alkanes) is 3. The molecule has 17 nitrogen and oxygen atoms in total. The quantitative estimate of drug-likeness (QED) is 0.0169. The van der Waals surface area contributed by atoms with Crippen molar-refractivity contribution in [3.8, 4) is 22.8 Å². The number of hydrogen-bond acceptors (Lipinski definition) is 15. The molecule has 0 spiro atoms. The summed E-state index contributed by atoms with van der Waals surface area (Å²) in [6, 6.07) is 19.7. The van der Waals surface area contributed by atoms with E-state index in [0.29, 0.717) is 22.8 Å². The average Bonchev–Trinajstić information content (AvgIpc) is 3.37. The van der Waals surface area contributed by atoms with Crippen LogP contribution in [0.15, 0.2) is 110 Å². The number of nitrogens with zero attached hydrogens (tertiary/aromatic N) is 8. The minimum absolute atomic E-state index is 0.